The van der Waals surface area contributed by atoms with Crippen molar-refractivity contribution in [2.24, 2.45) is 4.99 Å². The Balaban J connectivity index is 1.46. The molecule has 31 heavy (non-hydrogen) atoms. The molecule has 2 aromatic carbocycles. The number of ether oxygens (including phenoxy) is 2. The molecule has 0 radical (unpaired) electrons. The van der Waals surface area contributed by atoms with Crippen molar-refractivity contribution in [1.82, 2.24) is 15.5 Å². The molecule has 2 atom stereocenters. The topological polar surface area (TPSA) is 58.1 Å². The zero-order valence-electron chi connectivity index (χ0n) is 19.2. The maximum atomic E-state index is 5.48. The van der Waals surface area contributed by atoms with Gasteiger partial charge in [-0.25, -0.2) is 0 Å². The van der Waals surface area contributed by atoms with Crippen LogP contribution in [0.1, 0.15) is 30.9 Å². The Morgan fingerprint density at radius 3 is 2.61 bits per heavy atom. The molecule has 1 aliphatic rings. The third-order valence-corrected chi connectivity index (χ3v) is 5.98. The molecule has 0 amide bonds. The zero-order chi connectivity index (χ0) is 22.1. The van der Waals surface area contributed by atoms with Crippen LogP contribution in [0, 0.1) is 0 Å². The maximum absolute atomic E-state index is 5.48. The first-order valence-corrected chi connectivity index (χ1v) is 11.1. The van der Waals surface area contributed by atoms with Gasteiger partial charge in [0, 0.05) is 38.8 Å². The molecule has 1 fully saturated rings. The van der Waals surface area contributed by atoms with E-state index in [1.54, 1.807) is 14.2 Å². The molecule has 6 nitrogen and oxygen atoms in total. The van der Waals surface area contributed by atoms with Crippen LogP contribution in [0.3, 0.4) is 0 Å². The molecule has 2 unspecified atom stereocenters. The number of hydrogen-bond acceptors (Lipinski definition) is 4. The average molecular weight is 425 g/mol. The van der Waals surface area contributed by atoms with Crippen molar-refractivity contribution >= 4 is 5.96 Å². The lowest BCUT2D eigenvalue weighted by molar-refractivity contribution is 0.134. The molecule has 0 aromatic heterocycles. The predicted molar refractivity (Wildman–Crippen MR) is 127 cm³/mol. The highest BCUT2D eigenvalue weighted by Crippen LogP contribution is 2.24. The molecule has 3 rings (SSSR count). The third-order valence-electron chi connectivity index (χ3n) is 5.98. The Labute approximate surface area is 186 Å². The molecule has 0 aliphatic carbocycles. The number of rotatable bonds is 8. The Hall–Kier alpha value is -2.73. The fourth-order valence-electron chi connectivity index (χ4n) is 4.19. The second kappa shape index (κ2) is 11.6. The van der Waals surface area contributed by atoms with Gasteiger partial charge in [-0.3, -0.25) is 9.89 Å². The minimum atomic E-state index is 0.430. The van der Waals surface area contributed by atoms with Gasteiger partial charge in [0.05, 0.1) is 14.2 Å². The lowest BCUT2D eigenvalue weighted by Gasteiger charge is -2.38. The van der Waals surface area contributed by atoms with Crippen LogP contribution in [-0.4, -0.2) is 57.3 Å². The summed E-state index contributed by atoms with van der Waals surface area (Å²) in [4.78, 5) is 6.99. The number of nitrogens with zero attached hydrogens (tertiary/aromatic N) is 2. The van der Waals surface area contributed by atoms with E-state index in [-0.39, 0.29) is 0 Å². The largest absolute Gasteiger partial charge is 0.497 e. The van der Waals surface area contributed by atoms with Crippen molar-refractivity contribution in [2.45, 2.75) is 44.8 Å². The molecule has 168 valence electrons. The summed E-state index contributed by atoms with van der Waals surface area (Å²) in [7, 11) is 5.21. The molecule has 0 bridgehead atoms. The molecular weight excluding hydrogens is 388 g/mol. The molecule has 0 spiro atoms. The highest BCUT2D eigenvalue weighted by atomic mass is 16.5. The van der Waals surface area contributed by atoms with E-state index in [9.17, 15) is 0 Å². The molecule has 2 aromatic rings. The highest BCUT2D eigenvalue weighted by Gasteiger charge is 2.25. The lowest BCUT2D eigenvalue weighted by atomic mass is 9.97. The first-order chi connectivity index (χ1) is 15.1. The minimum Gasteiger partial charge on any atom is -0.497 e. The van der Waals surface area contributed by atoms with Crippen LogP contribution in [0.4, 0.5) is 0 Å². The summed E-state index contributed by atoms with van der Waals surface area (Å²) in [6.45, 7) is 5.20. The lowest BCUT2D eigenvalue weighted by Crippen LogP contribution is -2.51. The Morgan fingerprint density at radius 1 is 1.13 bits per heavy atom. The van der Waals surface area contributed by atoms with Crippen molar-refractivity contribution in [3.05, 3.63) is 59.7 Å². The van der Waals surface area contributed by atoms with Crippen molar-refractivity contribution in [1.29, 1.82) is 0 Å². The van der Waals surface area contributed by atoms with E-state index in [4.69, 9.17) is 9.47 Å². The summed E-state index contributed by atoms with van der Waals surface area (Å²) < 4.78 is 10.8. The molecule has 0 saturated carbocycles. The number of benzene rings is 2. The third kappa shape index (κ3) is 6.62. The van der Waals surface area contributed by atoms with Gasteiger partial charge >= 0.3 is 0 Å². The number of piperidine rings is 1. The van der Waals surface area contributed by atoms with E-state index in [1.165, 1.54) is 5.56 Å². The first kappa shape index (κ1) is 22.9. The van der Waals surface area contributed by atoms with Gasteiger partial charge < -0.3 is 20.1 Å². The highest BCUT2D eigenvalue weighted by molar-refractivity contribution is 5.80. The Bertz CT molecular complexity index is 841. The normalized spacial score (nSPS) is 19.7. The van der Waals surface area contributed by atoms with Crippen LogP contribution >= 0.6 is 0 Å². The standard InChI is InChI=1S/C25H36N4O2/c1-19-16-22(13-15-29(19)18-20-8-6-5-7-9-20)28-25(26-2)27-14-12-21-17-23(30-3)10-11-24(21)31-4/h5-11,17,19,22H,12-16,18H2,1-4H3,(H2,26,27,28). The Morgan fingerprint density at radius 2 is 1.94 bits per heavy atom. The average Bonchev–Trinajstić information content (AvgIpc) is 2.80. The van der Waals surface area contributed by atoms with Crippen molar-refractivity contribution in [2.75, 3.05) is 34.4 Å². The van der Waals surface area contributed by atoms with E-state index in [0.29, 0.717) is 12.1 Å². The molecule has 1 heterocycles. The second-order valence-electron chi connectivity index (χ2n) is 8.10. The van der Waals surface area contributed by atoms with E-state index < -0.39 is 0 Å². The quantitative estimate of drug-likeness (QED) is 0.502. The SMILES string of the molecule is CN=C(NCCc1cc(OC)ccc1OC)NC1CCN(Cc2ccccc2)C(C)C1. The van der Waals surface area contributed by atoms with E-state index in [1.807, 2.05) is 25.2 Å². The monoisotopic (exact) mass is 424 g/mol. The van der Waals surface area contributed by atoms with Crippen LogP contribution < -0.4 is 20.1 Å². The zero-order valence-corrected chi connectivity index (χ0v) is 19.2. The van der Waals surface area contributed by atoms with Gasteiger partial charge in [0.2, 0.25) is 0 Å². The van der Waals surface area contributed by atoms with Gasteiger partial charge in [-0.15, -0.1) is 0 Å². The van der Waals surface area contributed by atoms with E-state index in [0.717, 1.165) is 61.9 Å². The molecule has 1 aliphatic heterocycles. The number of hydrogen-bond donors (Lipinski definition) is 2. The Kier molecular flexibility index (Phi) is 8.59. The van der Waals surface area contributed by atoms with Crippen molar-refractivity contribution in [3.63, 3.8) is 0 Å². The fourth-order valence-corrected chi connectivity index (χ4v) is 4.19. The van der Waals surface area contributed by atoms with Gasteiger partial charge in [0.25, 0.3) is 0 Å². The van der Waals surface area contributed by atoms with Crippen molar-refractivity contribution in [3.8, 4) is 11.5 Å². The molecule has 2 N–H and O–H groups in total. The van der Waals surface area contributed by atoms with Gasteiger partial charge in [-0.1, -0.05) is 30.3 Å². The number of nitrogens with one attached hydrogen (secondary N) is 2. The van der Waals surface area contributed by atoms with Crippen molar-refractivity contribution < 1.29 is 9.47 Å². The van der Waals surface area contributed by atoms with Gasteiger partial charge in [-0.05, 0) is 55.5 Å². The van der Waals surface area contributed by atoms with Crippen LogP contribution in [0.25, 0.3) is 0 Å². The van der Waals surface area contributed by atoms with Crippen LogP contribution in [0.15, 0.2) is 53.5 Å². The minimum absolute atomic E-state index is 0.430. The number of likely N-dealkylation sites (tertiary alicyclic amines) is 1. The van der Waals surface area contributed by atoms with Gasteiger partial charge in [-0.2, -0.15) is 0 Å². The fraction of sp³-hybridized carbons (Fsp3) is 0.480. The van der Waals surface area contributed by atoms with Crippen LogP contribution in [0.2, 0.25) is 0 Å². The summed E-state index contributed by atoms with van der Waals surface area (Å²) in [5.41, 5.74) is 2.50. The number of methoxy groups -OCH3 is 2. The van der Waals surface area contributed by atoms with Gasteiger partial charge in [0.15, 0.2) is 5.96 Å². The predicted octanol–water partition coefficient (Wildman–Crippen LogP) is 3.46. The summed E-state index contributed by atoms with van der Waals surface area (Å²) >= 11 is 0. The number of guanidine groups is 1. The number of aliphatic imine (C=N–C) groups is 1. The maximum Gasteiger partial charge on any atom is 0.191 e. The summed E-state index contributed by atoms with van der Waals surface area (Å²) in [6, 6.07) is 17.6. The summed E-state index contributed by atoms with van der Waals surface area (Å²) in [6.07, 6.45) is 3.05. The first-order valence-electron chi connectivity index (χ1n) is 11.1. The summed E-state index contributed by atoms with van der Waals surface area (Å²) in [5, 5.41) is 7.06. The van der Waals surface area contributed by atoms with E-state index >= 15 is 0 Å². The second-order valence-corrected chi connectivity index (χ2v) is 8.10. The van der Waals surface area contributed by atoms with Gasteiger partial charge in [0.1, 0.15) is 11.5 Å². The molecule has 6 heteroatoms. The van der Waals surface area contributed by atoms with Crippen LogP contribution in [0.5, 0.6) is 11.5 Å². The molecule has 1 saturated heterocycles. The smallest absolute Gasteiger partial charge is 0.191 e. The summed E-state index contributed by atoms with van der Waals surface area (Å²) in [5.74, 6) is 2.58. The van der Waals surface area contributed by atoms with Crippen LogP contribution in [-0.2, 0) is 13.0 Å². The van der Waals surface area contributed by atoms with E-state index in [2.05, 4.69) is 57.8 Å². The molecular formula is C25H36N4O2.